The second kappa shape index (κ2) is 6.98. The molecule has 1 amide bonds. The smallest absolute Gasteiger partial charge is 0.276 e. The van der Waals surface area contributed by atoms with Gasteiger partial charge in [-0.3, -0.25) is 4.79 Å². The van der Waals surface area contributed by atoms with Crippen molar-refractivity contribution in [2.24, 2.45) is 11.1 Å². The summed E-state index contributed by atoms with van der Waals surface area (Å²) >= 11 is 0. The van der Waals surface area contributed by atoms with E-state index in [9.17, 15) is 4.79 Å². The van der Waals surface area contributed by atoms with Gasteiger partial charge in [0.2, 0.25) is 5.89 Å². The van der Waals surface area contributed by atoms with Crippen LogP contribution in [0.1, 0.15) is 48.8 Å². The van der Waals surface area contributed by atoms with E-state index in [1.54, 1.807) is 4.90 Å². The fourth-order valence-electron chi connectivity index (χ4n) is 2.92. The molecular formula is C19H25N3O3. The van der Waals surface area contributed by atoms with Crippen LogP contribution in [0.4, 0.5) is 0 Å². The lowest BCUT2D eigenvalue weighted by Gasteiger charge is -2.43. The number of oxazole rings is 1. The number of hydrogen-bond acceptors (Lipinski definition) is 5. The summed E-state index contributed by atoms with van der Waals surface area (Å²) in [7, 11) is 0. The molecule has 1 aliphatic rings. The van der Waals surface area contributed by atoms with Gasteiger partial charge >= 0.3 is 0 Å². The third-order valence-corrected chi connectivity index (χ3v) is 4.47. The van der Waals surface area contributed by atoms with E-state index in [1.165, 1.54) is 6.26 Å². The molecule has 2 heterocycles. The Morgan fingerprint density at radius 1 is 1.28 bits per heavy atom. The summed E-state index contributed by atoms with van der Waals surface area (Å²) in [5.41, 5.74) is 6.79. The molecule has 1 aromatic carbocycles. The summed E-state index contributed by atoms with van der Waals surface area (Å²) in [6, 6.07) is 10.00. The van der Waals surface area contributed by atoms with Crippen LogP contribution < -0.4 is 5.73 Å². The van der Waals surface area contributed by atoms with Crippen molar-refractivity contribution in [1.29, 1.82) is 0 Å². The molecule has 2 atom stereocenters. The maximum Gasteiger partial charge on any atom is 0.276 e. The molecule has 1 aromatic heterocycles. The Kier molecular flexibility index (Phi) is 4.92. The van der Waals surface area contributed by atoms with E-state index in [0.29, 0.717) is 24.7 Å². The molecule has 0 aliphatic carbocycles. The number of hydrogen-bond donors (Lipinski definition) is 1. The van der Waals surface area contributed by atoms with Crippen LogP contribution >= 0.6 is 0 Å². The predicted octanol–water partition coefficient (Wildman–Crippen LogP) is 2.76. The van der Waals surface area contributed by atoms with Gasteiger partial charge in [-0.05, 0) is 11.0 Å². The molecule has 0 spiro atoms. The molecule has 0 bridgehead atoms. The van der Waals surface area contributed by atoms with Gasteiger partial charge < -0.3 is 19.8 Å². The first-order valence-corrected chi connectivity index (χ1v) is 8.52. The first-order chi connectivity index (χ1) is 11.9. The predicted molar refractivity (Wildman–Crippen MR) is 93.8 cm³/mol. The van der Waals surface area contributed by atoms with Crippen LogP contribution in [0.2, 0.25) is 0 Å². The van der Waals surface area contributed by atoms with E-state index >= 15 is 0 Å². The Bertz CT molecular complexity index is 721. The summed E-state index contributed by atoms with van der Waals surface area (Å²) in [5, 5.41) is 0. The van der Waals surface area contributed by atoms with Crippen LogP contribution in [0.5, 0.6) is 0 Å². The number of rotatable bonds is 3. The molecule has 1 fully saturated rings. The van der Waals surface area contributed by atoms with Crippen molar-refractivity contribution in [1.82, 2.24) is 9.88 Å². The van der Waals surface area contributed by atoms with Crippen LogP contribution in [0, 0.1) is 5.41 Å². The zero-order chi connectivity index (χ0) is 18.0. The van der Waals surface area contributed by atoms with Gasteiger partial charge in [0.25, 0.3) is 5.91 Å². The molecule has 2 aromatic rings. The highest BCUT2D eigenvalue weighted by Crippen LogP contribution is 2.33. The quantitative estimate of drug-likeness (QED) is 0.927. The minimum atomic E-state index is -0.163. The van der Waals surface area contributed by atoms with Crippen molar-refractivity contribution in [2.75, 3.05) is 13.1 Å². The lowest BCUT2D eigenvalue weighted by molar-refractivity contribution is -0.119. The maximum atomic E-state index is 12.9. The molecule has 2 N–H and O–H groups in total. The molecular weight excluding hydrogens is 318 g/mol. The van der Waals surface area contributed by atoms with Gasteiger partial charge in [-0.25, -0.2) is 4.98 Å². The summed E-state index contributed by atoms with van der Waals surface area (Å²) in [4.78, 5) is 18.9. The van der Waals surface area contributed by atoms with Crippen molar-refractivity contribution in [2.45, 2.75) is 39.5 Å². The summed E-state index contributed by atoms with van der Waals surface area (Å²) in [6.07, 6.45) is 1.14. The van der Waals surface area contributed by atoms with Gasteiger partial charge in [-0.1, -0.05) is 51.1 Å². The fraction of sp³-hybridized carbons (Fsp3) is 0.474. The summed E-state index contributed by atoms with van der Waals surface area (Å²) < 4.78 is 11.5. The van der Waals surface area contributed by atoms with E-state index in [2.05, 4.69) is 25.8 Å². The Morgan fingerprint density at radius 2 is 2.00 bits per heavy atom. The number of ether oxygens (including phenoxy) is 1. The molecule has 6 nitrogen and oxygen atoms in total. The molecule has 25 heavy (non-hydrogen) atoms. The van der Waals surface area contributed by atoms with Crippen molar-refractivity contribution in [3.63, 3.8) is 0 Å². The highest BCUT2D eigenvalue weighted by atomic mass is 16.5. The minimum absolute atomic E-state index is 0.0729. The number of morpholine rings is 1. The first-order valence-electron chi connectivity index (χ1n) is 8.52. The van der Waals surface area contributed by atoms with Crippen molar-refractivity contribution >= 4 is 5.91 Å². The Morgan fingerprint density at radius 3 is 2.60 bits per heavy atom. The van der Waals surface area contributed by atoms with E-state index in [4.69, 9.17) is 14.9 Å². The fourth-order valence-corrected chi connectivity index (χ4v) is 2.92. The molecule has 1 aliphatic heterocycles. The van der Waals surface area contributed by atoms with Crippen molar-refractivity contribution in [3.05, 3.63) is 53.7 Å². The van der Waals surface area contributed by atoms with Gasteiger partial charge in [0.1, 0.15) is 12.4 Å². The number of aromatic nitrogens is 1. The highest BCUT2D eigenvalue weighted by Gasteiger charge is 2.38. The Hall–Kier alpha value is -2.18. The van der Waals surface area contributed by atoms with Gasteiger partial charge in [-0.15, -0.1) is 0 Å². The third kappa shape index (κ3) is 3.91. The lowest BCUT2D eigenvalue weighted by atomic mass is 9.87. The lowest BCUT2D eigenvalue weighted by Crippen LogP contribution is -2.51. The summed E-state index contributed by atoms with van der Waals surface area (Å²) in [5.74, 6) is 0.213. The van der Waals surface area contributed by atoms with Crippen LogP contribution in [0.25, 0.3) is 0 Å². The molecule has 0 saturated carbocycles. The second-order valence-electron chi connectivity index (χ2n) is 7.43. The van der Waals surface area contributed by atoms with E-state index in [1.807, 2.05) is 30.3 Å². The SMILES string of the molecule is CC(C)(C)[C@H]1CN(C(=O)c2coc(CN)n2)C[C@@H](c2ccccc2)O1. The van der Waals surface area contributed by atoms with Crippen LogP contribution in [-0.4, -0.2) is 35.0 Å². The second-order valence-corrected chi connectivity index (χ2v) is 7.43. The van der Waals surface area contributed by atoms with Crippen LogP contribution in [0.3, 0.4) is 0 Å². The molecule has 6 heteroatoms. The maximum absolute atomic E-state index is 12.9. The summed E-state index contributed by atoms with van der Waals surface area (Å²) in [6.45, 7) is 7.55. The van der Waals surface area contributed by atoms with E-state index in [0.717, 1.165) is 5.56 Å². The molecule has 0 radical (unpaired) electrons. The molecule has 1 saturated heterocycles. The van der Waals surface area contributed by atoms with Gasteiger partial charge in [0.15, 0.2) is 5.69 Å². The number of amides is 1. The number of nitrogens with zero attached hydrogens (tertiary/aromatic N) is 2. The zero-order valence-electron chi connectivity index (χ0n) is 14.9. The number of carbonyl (C=O) groups excluding carboxylic acids is 1. The Labute approximate surface area is 148 Å². The minimum Gasteiger partial charge on any atom is -0.447 e. The average Bonchev–Trinajstić information content (AvgIpc) is 3.10. The molecule has 3 rings (SSSR count). The van der Waals surface area contributed by atoms with Crippen molar-refractivity contribution in [3.8, 4) is 0 Å². The topological polar surface area (TPSA) is 81.6 Å². The van der Waals surface area contributed by atoms with Crippen LogP contribution in [0.15, 0.2) is 41.0 Å². The number of benzene rings is 1. The first kappa shape index (κ1) is 17.6. The Balaban J connectivity index is 1.85. The van der Waals surface area contributed by atoms with Gasteiger partial charge in [0, 0.05) is 6.54 Å². The van der Waals surface area contributed by atoms with Gasteiger partial charge in [-0.2, -0.15) is 0 Å². The third-order valence-electron chi connectivity index (χ3n) is 4.47. The van der Waals surface area contributed by atoms with E-state index in [-0.39, 0.29) is 30.1 Å². The van der Waals surface area contributed by atoms with E-state index < -0.39 is 0 Å². The van der Waals surface area contributed by atoms with Gasteiger partial charge in [0.05, 0.1) is 19.2 Å². The molecule has 134 valence electrons. The normalized spacial score (nSPS) is 21.4. The molecule has 0 unspecified atom stereocenters. The number of carbonyl (C=O) groups is 1. The van der Waals surface area contributed by atoms with Crippen molar-refractivity contribution < 1.29 is 13.9 Å². The number of nitrogens with two attached hydrogens (primary N) is 1. The zero-order valence-corrected chi connectivity index (χ0v) is 14.9. The van der Waals surface area contributed by atoms with Crippen LogP contribution in [-0.2, 0) is 11.3 Å². The highest BCUT2D eigenvalue weighted by molar-refractivity contribution is 5.92. The average molecular weight is 343 g/mol. The standard InChI is InChI=1S/C19H25N3O3/c1-19(2,3)16-11-22(18(23)14-12-24-17(9-20)21-14)10-15(25-16)13-7-5-4-6-8-13/h4-8,12,15-16H,9-11,20H2,1-3H3/t15-,16+/m0/s1. The monoisotopic (exact) mass is 343 g/mol. The largest absolute Gasteiger partial charge is 0.447 e.